The van der Waals surface area contributed by atoms with Crippen LogP contribution in [0.4, 0.5) is 5.69 Å². The summed E-state index contributed by atoms with van der Waals surface area (Å²) >= 11 is 0. The van der Waals surface area contributed by atoms with E-state index in [4.69, 9.17) is 5.11 Å². The zero-order valence-corrected chi connectivity index (χ0v) is 10.9. The summed E-state index contributed by atoms with van der Waals surface area (Å²) in [6.07, 6.45) is 6.72. The Bertz CT molecular complexity index is 423. The van der Waals surface area contributed by atoms with Crippen molar-refractivity contribution in [1.29, 1.82) is 0 Å². The van der Waals surface area contributed by atoms with Crippen molar-refractivity contribution in [2.75, 3.05) is 11.9 Å². The van der Waals surface area contributed by atoms with Crippen LogP contribution in [0.25, 0.3) is 0 Å². The lowest BCUT2D eigenvalue weighted by Gasteiger charge is -2.22. The first-order valence-electron chi connectivity index (χ1n) is 6.74. The van der Waals surface area contributed by atoms with Crippen molar-refractivity contribution in [3.63, 3.8) is 0 Å². The molecule has 0 amide bonds. The predicted octanol–water partition coefficient (Wildman–Crippen LogP) is 3.69. The monoisotopic (exact) mass is 247 g/mol. The second kappa shape index (κ2) is 5.89. The third-order valence-electron chi connectivity index (χ3n) is 3.78. The number of carboxylic acids is 1. The second-order valence-corrected chi connectivity index (χ2v) is 5.22. The molecule has 0 aromatic heterocycles. The highest BCUT2D eigenvalue weighted by Gasteiger charge is 2.13. The molecule has 0 aliphatic heterocycles. The van der Waals surface area contributed by atoms with Crippen LogP contribution in [0.1, 0.15) is 48.0 Å². The molecule has 0 spiro atoms. The Balaban J connectivity index is 1.93. The van der Waals surface area contributed by atoms with E-state index in [0.29, 0.717) is 5.56 Å². The van der Waals surface area contributed by atoms with Gasteiger partial charge in [0.2, 0.25) is 0 Å². The molecule has 1 aromatic rings. The van der Waals surface area contributed by atoms with Crippen LogP contribution in [0, 0.1) is 12.8 Å². The molecule has 2 rings (SSSR count). The van der Waals surface area contributed by atoms with Crippen molar-refractivity contribution in [3.05, 3.63) is 29.3 Å². The van der Waals surface area contributed by atoms with Gasteiger partial charge in [-0.05, 0) is 49.4 Å². The van der Waals surface area contributed by atoms with Crippen LogP contribution < -0.4 is 5.32 Å². The molecule has 3 nitrogen and oxygen atoms in total. The van der Waals surface area contributed by atoms with Gasteiger partial charge in [0.1, 0.15) is 0 Å². The van der Waals surface area contributed by atoms with Gasteiger partial charge >= 0.3 is 5.97 Å². The summed E-state index contributed by atoms with van der Waals surface area (Å²) in [5.41, 5.74) is 2.23. The predicted molar refractivity (Wildman–Crippen MR) is 73.2 cm³/mol. The van der Waals surface area contributed by atoms with Gasteiger partial charge in [-0.2, -0.15) is 0 Å². The van der Waals surface area contributed by atoms with Gasteiger partial charge in [0.15, 0.2) is 0 Å². The van der Waals surface area contributed by atoms with Crippen molar-refractivity contribution in [3.8, 4) is 0 Å². The minimum absolute atomic E-state index is 0.387. The standard InChI is InChI=1S/C15H21NO2/c1-11-9-13(7-8-14(11)15(17)18)16-10-12-5-3-2-4-6-12/h7-9,12,16H,2-6,10H2,1H3,(H,17,18). The van der Waals surface area contributed by atoms with Crippen molar-refractivity contribution >= 4 is 11.7 Å². The minimum atomic E-state index is -0.855. The Hall–Kier alpha value is -1.51. The molecule has 18 heavy (non-hydrogen) atoms. The molecular formula is C15H21NO2. The molecule has 2 N–H and O–H groups in total. The number of carbonyl (C=O) groups is 1. The molecule has 1 aromatic carbocycles. The summed E-state index contributed by atoms with van der Waals surface area (Å²) in [5, 5.41) is 12.4. The maximum atomic E-state index is 10.9. The molecule has 3 heteroatoms. The Morgan fingerprint density at radius 3 is 2.67 bits per heavy atom. The average Bonchev–Trinajstić information content (AvgIpc) is 2.37. The zero-order chi connectivity index (χ0) is 13.0. The second-order valence-electron chi connectivity index (χ2n) is 5.22. The number of carboxylic acid groups (broad SMARTS) is 1. The first-order valence-corrected chi connectivity index (χ1v) is 6.74. The van der Waals surface area contributed by atoms with Crippen LogP contribution in [0.5, 0.6) is 0 Å². The van der Waals surface area contributed by atoms with Crippen molar-refractivity contribution in [1.82, 2.24) is 0 Å². The van der Waals surface area contributed by atoms with Gasteiger partial charge in [-0.15, -0.1) is 0 Å². The van der Waals surface area contributed by atoms with Crippen molar-refractivity contribution in [2.24, 2.45) is 5.92 Å². The maximum Gasteiger partial charge on any atom is 0.335 e. The van der Waals surface area contributed by atoms with Gasteiger partial charge in [-0.3, -0.25) is 0 Å². The van der Waals surface area contributed by atoms with Crippen LogP contribution in [-0.4, -0.2) is 17.6 Å². The largest absolute Gasteiger partial charge is 0.478 e. The molecule has 0 radical (unpaired) electrons. The molecule has 1 aliphatic carbocycles. The highest BCUT2D eigenvalue weighted by molar-refractivity contribution is 5.89. The first kappa shape index (κ1) is 12.9. The number of hydrogen-bond donors (Lipinski definition) is 2. The van der Waals surface area contributed by atoms with E-state index in [1.807, 2.05) is 19.1 Å². The minimum Gasteiger partial charge on any atom is -0.478 e. The number of rotatable bonds is 4. The number of anilines is 1. The Labute approximate surface area is 108 Å². The molecule has 0 heterocycles. The van der Waals surface area contributed by atoms with Crippen molar-refractivity contribution in [2.45, 2.75) is 39.0 Å². The molecule has 1 fully saturated rings. The summed E-state index contributed by atoms with van der Waals surface area (Å²) in [7, 11) is 0. The van der Waals surface area contributed by atoms with E-state index >= 15 is 0 Å². The normalized spacial score (nSPS) is 16.5. The van der Waals surface area contributed by atoms with E-state index in [2.05, 4.69) is 5.32 Å². The molecular weight excluding hydrogens is 226 g/mol. The molecule has 0 bridgehead atoms. The van der Waals surface area contributed by atoms with Gasteiger partial charge < -0.3 is 10.4 Å². The Morgan fingerprint density at radius 1 is 1.33 bits per heavy atom. The fourth-order valence-corrected chi connectivity index (χ4v) is 2.67. The highest BCUT2D eigenvalue weighted by atomic mass is 16.4. The fourth-order valence-electron chi connectivity index (χ4n) is 2.67. The fraction of sp³-hybridized carbons (Fsp3) is 0.533. The number of aromatic carboxylic acids is 1. The van der Waals surface area contributed by atoms with E-state index < -0.39 is 5.97 Å². The Morgan fingerprint density at radius 2 is 2.06 bits per heavy atom. The molecule has 0 unspecified atom stereocenters. The number of aryl methyl sites for hydroxylation is 1. The average molecular weight is 247 g/mol. The Kier molecular flexibility index (Phi) is 4.24. The third kappa shape index (κ3) is 3.25. The van der Waals surface area contributed by atoms with E-state index in [0.717, 1.165) is 23.7 Å². The van der Waals surface area contributed by atoms with Gasteiger partial charge in [0.25, 0.3) is 0 Å². The van der Waals surface area contributed by atoms with Gasteiger partial charge in [-0.1, -0.05) is 19.3 Å². The highest BCUT2D eigenvalue weighted by Crippen LogP contribution is 2.24. The van der Waals surface area contributed by atoms with Crippen molar-refractivity contribution < 1.29 is 9.90 Å². The van der Waals surface area contributed by atoms with E-state index in [9.17, 15) is 4.79 Å². The summed E-state index contributed by atoms with van der Waals surface area (Å²) < 4.78 is 0. The quantitative estimate of drug-likeness (QED) is 0.853. The molecule has 0 atom stereocenters. The summed E-state index contributed by atoms with van der Waals surface area (Å²) in [6, 6.07) is 5.46. The maximum absolute atomic E-state index is 10.9. The summed E-state index contributed by atoms with van der Waals surface area (Å²) in [5.74, 6) is -0.0791. The lowest BCUT2D eigenvalue weighted by molar-refractivity contribution is 0.0696. The van der Waals surface area contributed by atoms with Gasteiger partial charge in [-0.25, -0.2) is 4.79 Å². The van der Waals surface area contributed by atoms with Crippen LogP contribution >= 0.6 is 0 Å². The van der Waals surface area contributed by atoms with E-state index in [-0.39, 0.29) is 0 Å². The summed E-state index contributed by atoms with van der Waals surface area (Å²) in [4.78, 5) is 10.9. The topological polar surface area (TPSA) is 49.3 Å². The number of hydrogen-bond acceptors (Lipinski definition) is 2. The third-order valence-corrected chi connectivity index (χ3v) is 3.78. The number of benzene rings is 1. The lowest BCUT2D eigenvalue weighted by Crippen LogP contribution is -2.17. The SMILES string of the molecule is Cc1cc(NCC2CCCCC2)ccc1C(=O)O. The molecule has 98 valence electrons. The summed E-state index contributed by atoms with van der Waals surface area (Å²) in [6.45, 7) is 2.85. The first-order chi connectivity index (χ1) is 8.66. The van der Waals surface area contributed by atoms with Crippen LogP contribution in [0.15, 0.2) is 18.2 Å². The zero-order valence-electron chi connectivity index (χ0n) is 10.9. The van der Waals surface area contributed by atoms with E-state index in [1.165, 1.54) is 32.1 Å². The van der Waals surface area contributed by atoms with Crippen LogP contribution in [0.2, 0.25) is 0 Å². The smallest absolute Gasteiger partial charge is 0.335 e. The van der Waals surface area contributed by atoms with Gasteiger partial charge in [0, 0.05) is 12.2 Å². The number of nitrogens with one attached hydrogen (secondary N) is 1. The van der Waals surface area contributed by atoms with E-state index in [1.54, 1.807) is 6.07 Å². The van der Waals surface area contributed by atoms with Gasteiger partial charge in [0.05, 0.1) is 5.56 Å². The van der Waals surface area contributed by atoms with Crippen LogP contribution in [0.3, 0.4) is 0 Å². The molecule has 1 aliphatic rings. The lowest BCUT2D eigenvalue weighted by atomic mass is 9.89. The molecule has 0 saturated heterocycles. The van der Waals surface area contributed by atoms with Crippen LogP contribution in [-0.2, 0) is 0 Å². The molecule has 1 saturated carbocycles.